The second-order valence-electron chi connectivity index (χ2n) is 3.47. The fourth-order valence-electron chi connectivity index (χ4n) is 1.60. The maximum atomic E-state index is 13.0. The number of nitriles is 1. The molecule has 0 N–H and O–H groups in total. The van der Waals surface area contributed by atoms with Gasteiger partial charge in [-0.1, -0.05) is 0 Å². The van der Waals surface area contributed by atoms with Gasteiger partial charge in [-0.25, -0.2) is 8.78 Å². The van der Waals surface area contributed by atoms with Gasteiger partial charge in [-0.2, -0.15) is 5.26 Å². The van der Waals surface area contributed by atoms with Crippen LogP contribution >= 0.6 is 0 Å². The first-order valence-electron chi connectivity index (χ1n) is 4.58. The molecule has 1 aliphatic heterocycles. The molecule has 1 fully saturated rings. The molecule has 1 saturated heterocycles. The van der Waals surface area contributed by atoms with Gasteiger partial charge >= 0.3 is 0 Å². The van der Waals surface area contributed by atoms with Gasteiger partial charge in [-0.3, -0.25) is 4.79 Å². The Balaban J connectivity index is 2.80. The Bertz CT molecular complexity index is 312. The maximum absolute atomic E-state index is 13.0. The Morgan fingerprint density at radius 1 is 1.56 bits per heavy atom. The zero-order chi connectivity index (χ0) is 12.3. The highest BCUT2D eigenvalue weighted by Gasteiger charge is 2.48. The number of alkyl halides is 2. The van der Waals surface area contributed by atoms with Crippen LogP contribution in [-0.4, -0.2) is 49.8 Å². The summed E-state index contributed by atoms with van der Waals surface area (Å²) in [7, 11) is 2.45. The lowest BCUT2D eigenvalue weighted by atomic mass is 10.2. The molecule has 16 heavy (non-hydrogen) atoms. The van der Waals surface area contributed by atoms with Crippen molar-refractivity contribution in [2.45, 2.75) is 24.7 Å². The molecule has 1 aliphatic rings. The van der Waals surface area contributed by atoms with Gasteiger partial charge in [0.15, 0.2) is 0 Å². The summed E-state index contributed by atoms with van der Waals surface area (Å²) in [5.74, 6) is -3.78. The zero-order valence-electron chi connectivity index (χ0n) is 8.94. The van der Waals surface area contributed by atoms with Crippen molar-refractivity contribution in [2.24, 2.45) is 0 Å². The number of ether oxygens (including phenoxy) is 2. The van der Waals surface area contributed by atoms with E-state index in [9.17, 15) is 13.6 Å². The lowest BCUT2D eigenvalue weighted by Crippen LogP contribution is -2.44. The normalized spacial score (nSPS) is 23.5. The van der Waals surface area contributed by atoms with E-state index in [1.807, 2.05) is 0 Å². The van der Waals surface area contributed by atoms with Crippen LogP contribution in [0.3, 0.4) is 0 Å². The number of likely N-dealkylation sites (tertiary alicyclic amines) is 1. The summed E-state index contributed by atoms with van der Waals surface area (Å²) in [6, 6.07) is 0.538. The summed E-state index contributed by atoms with van der Waals surface area (Å²) < 4.78 is 35.4. The quantitative estimate of drug-likeness (QED) is 0.662. The van der Waals surface area contributed by atoms with E-state index in [0.717, 1.165) is 4.90 Å². The van der Waals surface area contributed by atoms with E-state index in [1.165, 1.54) is 14.2 Å². The van der Waals surface area contributed by atoms with Crippen molar-refractivity contribution >= 4 is 5.91 Å². The fraction of sp³-hybridized carbons (Fsp3) is 0.778. The molecule has 0 saturated carbocycles. The van der Waals surface area contributed by atoms with Gasteiger partial charge in [0.1, 0.15) is 6.04 Å². The molecule has 0 radical (unpaired) electrons. The first-order valence-corrected chi connectivity index (χ1v) is 4.58. The molecule has 0 spiro atoms. The number of hydrogen-bond acceptors (Lipinski definition) is 4. The van der Waals surface area contributed by atoms with Crippen LogP contribution in [0.4, 0.5) is 8.78 Å². The Morgan fingerprint density at radius 2 is 2.12 bits per heavy atom. The standard InChI is InChI=1S/C9H12F2N2O3/c1-15-8(16-2)7(14)13-5-9(10,11)3-6(13)4-12/h6,8H,3,5H2,1-2H3. The smallest absolute Gasteiger partial charge is 0.280 e. The largest absolute Gasteiger partial charge is 0.348 e. The van der Waals surface area contributed by atoms with E-state index in [1.54, 1.807) is 6.07 Å². The van der Waals surface area contributed by atoms with Crippen LogP contribution in [0.5, 0.6) is 0 Å². The number of halogens is 2. The topological polar surface area (TPSA) is 62.6 Å². The van der Waals surface area contributed by atoms with Crippen LogP contribution in [-0.2, 0) is 14.3 Å². The van der Waals surface area contributed by atoms with Crippen molar-refractivity contribution in [1.82, 2.24) is 4.90 Å². The van der Waals surface area contributed by atoms with E-state index in [0.29, 0.717) is 0 Å². The summed E-state index contributed by atoms with van der Waals surface area (Å²) in [5.41, 5.74) is 0. The Kier molecular flexibility index (Phi) is 3.78. The average Bonchev–Trinajstić information content (AvgIpc) is 2.55. The average molecular weight is 234 g/mol. The van der Waals surface area contributed by atoms with E-state index in [2.05, 4.69) is 9.47 Å². The number of methoxy groups -OCH3 is 2. The summed E-state index contributed by atoms with van der Waals surface area (Å²) in [4.78, 5) is 12.4. The highest BCUT2D eigenvalue weighted by molar-refractivity contribution is 5.80. The first-order chi connectivity index (χ1) is 7.45. The lowest BCUT2D eigenvalue weighted by molar-refractivity contribution is -0.171. The minimum Gasteiger partial charge on any atom is -0.348 e. The zero-order valence-corrected chi connectivity index (χ0v) is 8.94. The van der Waals surface area contributed by atoms with Gasteiger partial charge in [0, 0.05) is 20.6 Å². The number of rotatable bonds is 3. The van der Waals surface area contributed by atoms with Crippen LogP contribution in [0.15, 0.2) is 0 Å². The highest BCUT2D eigenvalue weighted by Crippen LogP contribution is 2.32. The summed E-state index contributed by atoms with van der Waals surface area (Å²) in [6.07, 6.45) is -1.89. The molecule has 0 aromatic carbocycles. The molecule has 1 rings (SSSR count). The van der Waals surface area contributed by atoms with Crippen molar-refractivity contribution in [1.29, 1.82) is 5.26 Å². The van der Waals surface area contributed by atoms with Crippen LogP contribution in [0.25, 0.3) is 0 Å². The van der Waals surface area contributed by atoms with Gasteiger partial charge in [-0.05, 0) is 0 Å². The number of carbonyl (C=O) groups is 1. The molecule has 0 aliphatic carbocycles. The molecule has 7 heteroatoms. The van der Waals surface area contributed by atoms with Crippen molar-refractivity contribution < 1.29 is 23.0 Å². The van der Waals surface area contributed by atoms with Crippen LogP contribution < -0.4 is 0 Å². The predicted octanol–water partition coefficient (Wildman–Crippen LogP) is 0.365. The van der Waals surface area contributed by atoms with Crippen molar-refractivity contribution in [2.75, 3.05) is 20.8 Å². The van der Waals surface area contributed by atoms with E-state index >= 15 is 0 Å². The van der Waals surface area contributed by atoms with Gasteiger partial charge in [0.05, 0.1) is 12.6 Å². The summed E-state index contributed by atoms with van der Waals surface area (Å²) >= 11 is 0. The van der Waals surface area contributed by atoms with Gasteiger partial charge in [0.2, 0.25) is 6.29 Å². The number of nitrogens with zero attached hydrogens (tertiary/aromatic N) is 2. The van der Waals surface area contributed by atoms with Gasteiger partial charge in [0.25, 0.3) is 11.8 Å². The van der Waals surface area contributed by atoms with Crippen molar-refractivity contribution in [3.05, 3.63) is 0 Å². The van der Waals surface area contributed by atoms with Crippen molar-refractivity contribution in [3.8, 4) is 6.07 Å². The van der Waals surface area contributed by atoms with Crippen LogP contribution in [0.2, 0.25) is 0 Å². The second-order valence-corrected chi connectivity index (χ2v) is 3.47. The lowest BCUT2D eigenvalue weighted by Gasteiger charge is -2.23. The minimum atomic E-state index is -3.03. The SMILES string of the molecule is COC(OC)C(=O)N1CC(F)(F)CC1C#N. The van der Waals surface area contributed by atoms with Gasteiger partial charge in [-0.15, -0.1) is 0 Å². The summed E-state index contributed by atoms with van der Waals surface area (Å²) in [6.45, 7) is -0.771. The van der Waals surface area contributed by atoms with Gasteiger partial charge < -0.3 is 14.4 Å². The number of amides is 1. The highest BCUT2D eigenvalue weighted by atomic mass is 19.3. The first kappa shape index (κ1) is 12.8. The molecule has 0 aromatic heterocycles. The molecular formula is C9H12F2N2O3. The Morgan fingerprint density at radius 3 is 2.56 bits per heavy atom. The Hall–Kier alpha value is -1.26. The predicted molar refractivity (Wildman–Crippen MR) is 48.5 cm³/mol. The Labute approximate surface area is 91.5 Å². The number of hydrogen-bond donors (Lipinski definition) is 0. The third-order valence-electron chi connectivity index (χ3n) is 2.33. The third-order valence-corrected chi connectivity index (χ3v) is 2.33. The maximum Gasteiger partial charge on any atom is 0.280 e. The van der Waals surface area contributed by atoms with Crippen LogP contribution in [0, 0.1) is 11.3 Å². The minimum absolute atomic E-state index is 0.643. The van der Waals surface area contributed by atoms with Crippen molar-refractivity contribution in [3.63, 3.8) is 0 Å². The number of carbonyl (C=O) groups excluding carboxylic acids is 1. The fourth-order valence-corrected chi connectivity index (χ4v) is 1.60. The van der Waals surface area contributed by atoms with E-state index < -0.39 is 37.1 Å². The molecule has 1 unspecified atom stereocenters. The molecule has 1 heterocycles. The molecule has 0 bridgehead atoms. The van der Waals surface area contributed by atoms with E-state index in [-0.39, 0.29) is 0 Å². The molecular weight excluding hydrogens is 222 g/mol. The third kappa shape index (κ3) is 2.46. The van der Waals surface area contributed by atoms with E-state index in [4.69, 9.17) is 5.26 Å². The molecule has 90 valence electrons. The molecule has 0 aromatic rings. The molecule has 1 atom stereocenters. The summed E-state index contributed by atoms with van der Waals surface area (Å²) in [5, 5.41) is 8.69. The molecule has 5 nitrogen and oxygen atoms in total. The van der Waals surface area contributed by atoms with Crippen LogP contribution in [0.1, 0.15) is 6.42 Å². The second kappa shape index (κ2) is 4.72. The monoisotopic (exact) mass is 234 g/mol. The molecule has 1 amide bonds.